The lowest BCUT2D eigenvalue weighted by Gasteiger charge is -2.56. The zero-order chi connectivity index (χ0) is 21.0. The van der Waals surface area contributed by atoms with E-state index in [4.69, 9.17) is 0 Å². The summed E-state index contributed by atoms with van der Waals surface area (Å²) in [5.74, 6) is 1.23. The third kappa shape index (κ3) is 3.06. The highest BCUT2D eigenvalue weighted by molar-refractivity contribution is 5.94. The molecule has 3 amide bonds. The number of carbonyl (C=O) groups excluding carboxylic acids is 2. The monoisotopic (exact) mass is 411 g/mol. The first-order valence-electron chi connectivity index (χ1n) is 10.8. The van der Waals surface area contributed by atoms with Crippen LogP contribution in [0.1, 0.15) is 56.2 Å². The van der Waals surface area contributed by atoms with Crippen molar-refractivity contribution in [2.24, 2.45) is 17.8 Å². The molecule has 4 aliphatic carbocycles. The number of carbonyl (C=O) groups is 2. The lowest BCUT2D eigenvalue weighted by molar-refractivity contribution is -0.120. The van der Waals surface area contributed by atoms with Gasteiger partial charge in [-0.05, 0) is 69.1 Å². The van der Waals surface area contributed by atoms with Gasteiger partial charge in [-0.2, -0.15) is 5.26 Å². The molecule has 0 radical (unpaired) electrons. The molecular formula is C21H25N5O4. The highest BCUT2D eigenvalue weighted by Gasteiger charge is 2.51. The smallest absolute Gasteiger partial charge is 0.331 e. The van der Waals surface area contributed by atoms with Crippen molar-refractivity contribution in [2.45, 2.75) is 70.0 Å². The minimum Gasteiger partial charge on any atom is -0.332 e. The molecule has 1 aliphatic heterocycles. The average molecular weight is 411 g/mol. The summed E-state index contributed by atoms with van der Waals surface area (Å²) in [7, 11) is 0. The second-order valence-corrected chi connectivity index (χ2v) is 9.56. The van der Waals surface area contributed by atoms with Gasteiger partial charge in [-0.25, -0.2) is 14.2 Å². The number of aromatic nitrogens is 2. The molecule has 5 aliphatic rings. The molecule has 9 nitrogen and oxygen atoms in total. The normalized spacial score (nSPS) is 30.6. The number of hydrogen-bond acceptors (Lipinski definition) is 5. The summed E-state index contributed by atoms with van der Waals surface area (Å²) < 4.78 is 2.13. The Balaban J connectivity index is 1.29. The summed E-state index contributed by atoms with van der Waals surface area (Å²) >= 11 is 0. The minimum absolute atomic E-state index is 0.0991. The molecule has 4 fully saturated rings. The lowest BCUT2D eigenvalue weighted by atomic mass is 9.53. The van der Waals surface area contributed by atoms with Gasteiger partial charge < -0.3 is 5.32 Å². The fourth-order valence-electron chi connectivity index (χ4n) is 6.73. The zero-order valence-corrected chi connectivity index (χ0v) is 16.8. The van der Waals surface area contributed by atoms with Crippen molar-refractivity contribution in [2.75, 3.05) is 0 Å². The van der Waals surface area contributed by atoms with Crippen molar-refractivity contribution in [3.05, 3.63) is 32.1 Å². The molecule has 30 heavy (non-hydrogen) atoms. The van der Waals surface area contributed by atoms with E-state index in [0.717, 1.165) is 23.8 Å². The maximum Gasteiger partial charge on any atom is 0.331 e. The Kier molecular flexibility index (Phi) is 4.34. The Morgan fingerprint density at radius 3 is 2.33 bits per heavy atom. The topological polar surface area (TPSA) is 126 Å². The predicted molar refractivity (Wildman–Crippen MR) is 106 cm³/mol. The summed E-state index contributed by atoms with van der Waals surface area (Å²) in [6.45, 7) is -0.168. The first-order valence-corrected chi connectivity index (χ1v) is 10.8. The summed E-state index contributed by atoms with van der Waals surface area (Å²) in [4.78, 5) is 50.1. The Morgan fingerprint density at radius 1 is 1.10 bits per heavy atom. The average Bonchev–Trinajstić information content (AvgIpc) is 3.13. The van der Waals surface area contributed by atoms with Crippen LogP contribution in [0.25, 0.3) is 0 Å². The Hall–Kier alpha value is -2.89. The van der Waals surface area contributed by atoms with Crippen LogP contribution >= 0.6 is 0 Å². The van der Waals surface area contributed by atoms with E-state index < -0.39 is 29.7 Å². The van der Waals surface area contributed by atoms with E-state index in [2.05, 4.69) is 10.6 Å². The summed E-state index contributed by atoms with van der Waals surface area (Å²) in [5.41, 5.74) is -1.28. The van der Waals surface area contributed by atoms with E-state index in [9.17, 15) is 24.4 Å². The van der Waals surface area contributed by atoms with Crippen molar-refractivity contribution in [1.29, 1.82) is 5.26 Å². The van der Waals surface area contributed by atoms with Crippen LogP contribution < -0.4 is 21.9 Å². The number of hydrogen-bond donors (Lipinski definition) is 2. The molecule has 9 heteroatoms. The SMILES string of the molecule is N#Cc1c2n(c(=O)n(CC(=O)NC(=O)NC34CC5CC(CC(C5)C3)C4)c1=O)CCC2. The Bertz CT molecular complexity index is 1060. The number of amides is 3. The fraction of sp³-hybridized carbons (Fsp3) is 0.667. The largest absolute Gasteiger partial charge is 0.332 e. The number of rotatable bonds is 3. The molecule has 0 saturated heterocycles. The zero-order valence-electron chi connectivity index (χ0n) is 16.8. The predicted octanol–water partition coefficient (Wildman–Crippen LogP) is 0.622. The summed E-state index contributed by atoms with van der Waals surface area (Å²) in [5, 5.41) is 14.6. The first-order chi connectivity index (χ1) is 14.4. The van der Waals surface area contributed by atoms with Crippen molar-refractivity contribution >= 4 is 11.9 Å². The van der Waals surface area contributed by atoms with Crippen LogP contribution in [-0.2, 0) is 24.3 Å². The number of nitrogens with zero attached hydrogens (tertiary/aromatic N) is 3. The molecule has 6 rings (SSSR count). The van der Waals surface area contributed by atoms with Gasteiger partial charge in [0.15, 0.2) is 0 Å². The molecule has 158 valence electrons. The molecule has 2 N–H and O–H groups in total. The van der Waals surface area contributed by atoms with Crippen LogP contribution in [0.3, 0.4) is 0 Å². The molecule has 0 aromatic carbocycles. The van der Waals surface area contributed by atoms with Crippen LogP contribution in [0, 0.1) is 29.1 Å². The standard InChI is InChI=1S/C21H25N5O4/c22-10-15-16-2-1-3-25(16)20(30)26(18(15)28)11-17(27)23-19(29)24-21-7-12-4-13(8-21)6-14(5-12)9-21/h12-14H,1-9,11H2,(H2,23,24,27,29). The third-order valence-electron chi connectivity index (χ3n) is 7.41. The highest BCUT2D eigenvalue weighted by Crippen LogP contribution is 2.55. The fourth-order valence-corrected chi connectivity index (χ4v) is 6.73. The molecule has 0 spiro atoms. The molecular weight excluding hydrogens is 386 g/mol. The van der Waals surface area contributed by atoms with Gasteiger partial charge in [-0.15, -0.1) is 0 Å². The van der Waals surface area contributed by atoms with E-state index in [-0.39, 0.29) is 11.1 Å². The maximum atomic E-state index is 12.6. The minimum atomic E-state index is -0.771. The molecule has 1 aromatic rings. The number of urea groups is 1. The van der Waals surface area contributed by atoms with E-state index in [1.165, 1.54) is 23.8 Å². The van der Waals surface area contributed by atoms with Gasteiger partial charge in [0.1, 0.15) is 18.2 Å². The van der Waals surface area contributed by atoms with Gasteiger partial charge in [-0.3, -0.25) is 19.5 Å². The van der Waals surface area contributed by atoms with Crippen molar-refractivity contribution < 1.29 is 9.59 Å². The van der Waals surface area contributed by atoms with Crippen LogP contribution in [-0.4, -0.2) is 26.6 Å². The van der Waals surface area contributed by atoms with E-state index in [1.807, 2.05) is 6.07 Å². The van der Waals surface area contributed by atoms with Crippen LogP contribution in [0.5, 0.6) is 0 Å². The van der Waals surface area contributed by atoms with Gasteiger partial charge in [0.25, 0.3) is 5.56 Å². The van der Waals surface area contributed by atoms with Crippen molar-refractivity contribution in [1.82, 2.24) is 19.8 Å². The highest BCUT2D eigenvalue weighted by atomic mass is 16.2. The quantitative estimate of drug-likeness (QED) is 0.754. The number of fused-ring (bicyclic) bond motifs is 1. The van der Waals surface area contributed by atoms with Crippen LogP contribution in [0.15, 0.2) is 9.59 Å². The summed E-state index contributed by atoms with van der Waals surface area (Å²) in [6.07, 6.45) is 7.77. The van der Waals surface area contributed by atoms with E-state index in [1.54, 1.807) is 0 Å². The van der Waals surface area contributed by atoms with Gasteiger partial charge in [0.05, 0.1) is 0 Å². The third-order valence-corrected chi connectivity index (χ3v) is 7.41. The molecule has 0 atom stereocenters. The molecule has 2 heterocycles. The van der Waals surface area contributed by atoms with Gasteiger partial charge in [-0.1, -0.05) is 0 Å². The second kappa shape index (κ2) is 6.83. The molecule has 0 unspecified atom stereocenters. The number of imide groups is 1. The lowest BCUT2D eigenvalue weighted by Crippen LogP contribution is -2.62. The van der Waals surface area contributed by atoms with Gasteiger partial charge >= 0.3 is 11.7 Å². The molecule has 4 saturated carbocycles. The second-order valence-electron chi connectivity index (χ2n) is 9.56. The Morgan fingerprint density at radius 2 is 1.73 bits per heavy atom. The maximum absolute atomic E-state index is 12.6. The van der Waals surface area contributed by atoms with Crippen molar-refractivity contribution in [3.63, 3.8) is 0 Å². The summed E-state index contributed by atoms with van der Waals surface area (Å²) in [6, 6.07) is 1.29. The number of nitriles is 1. The Labute approximate surface area is 173 Å². The van der Waals surface area contributed by atoms with Crippen LogP contribution in [0.2, 0.25) is 0 Å². The number of nitrogens with one attached hydrogen (secondary N) is 2. The van der Waals surface area contributed by atoms with Crippen molar-refractivity contribution in [3.8, 4) is 6.07 Å². The first kappa shape index (κ1) is 19.1. The van der Waals surface area contributed by atoms with E-state index in [0.29, 0.717) is 42.8 Å². The van der Waals surface area contributed by atoms with Gasteiger partial charge in [0, 0.05) is 17.8 Å². The van der Waals surface area contributed by atoms with Crippen LogP contribution in [0.4, 0.5) is 4.79 Å². The molecule has 4 bridgehead atoms. The molecule has 1 aromatic heterocycles. The van der Waals surface area contributed by atoms with Gasteiger partial charge in [0.2, 0.25) is 5.91 Å². The van der Waals surface area contributed by atoms with E-state index >= 15 is 0 Å².